The lowest BCUT2D eigenvalue weighted by atomic mass is 10.2. The standard InChI is InChI=1S/C20H27N3O6S2.ClH/c1-14(2)21-11-12-29-18-10-9-15(13-17(18)23-31(4,27)28)22-20(24)16-7-5-6-8-19(16)30(3,25)26;/h5-10,13-14,21,23H,11-12H2,1-4H3,(H,22,24);1H. The second-order valence-corrected chi connectivity index (χ2v) is 11.0. The van der Waals surface area contributed by atoms with Crippen LogP contribution in [0.2, 0.25) is 0 Å². The molecule has 2 aromatic rings. The van der Waals surface area contributed by atoms with Crippen LogP contribution in [0.1, 0.15) is 24.2 Å². The lowest BCUT2D eigenvalue weighted by Gasteiger charge is -2.15. The Morgan fingerprint density at radius 1 is 1.03 bits per heavy atom. The number of sulfonamides is 1. The molecule has 0 atom stereocenters. The average Bonchev–Trinajstić information content (AvgIpc) is 2.64. The van der Waals surface area contributed by atoms with E-state index in [1.54, 1.807) is 12.1 Å². The molecule has 0 aliphatic heterocycles. The first-order valence-corrected chi connectivity index (χ1v) is 13.2. The molecule has 12 heteroatoms. The summed E-state index contributed by atoms with van der Waals surface area (Å²) in [4.78, 5) is 12.6. The fourth-order valence-corrected chi connectivity index (χ4v) is 4.14. The monoisotopic (exact) mass is 505 g/mol. The third-order valence-corrected chi connectivity index (χ3v) is 5.72. The van der Waals surface area contributed by atoms with E-state index in [2.05, 4.69) is 15.4 Å². The van der Waals surface area contributed by atoms with Crippen molar-refractivity contribution in [1.29, 1.82) is 0 Å². The van der Waals surface area contributed by atoms with Gasteiger partial charge in [0, 0.05) is 24.5 Å². The first kappa shape index (κ1) is 27.7. The van der Waals surface area contributed by atoms with Gasteiger partial charge in [-0.2, -0.15) is 0 Å². The van der Waals surface area contributed by atoms with Gasteiger partial charge < -0.3 is 15.4 Å². The van der Waals surface area contributed by atoms with Crippen molar-refractivity contribution in [2.45, 2.75) is 24.8 Å². The second-order valence-electron chi connectivity index (χ2n) is 7.26. The summed E-state index contributed by atoms with van der Waals surface area (Å²) in [6.45, 7) is 4.87. The van der Waals surface area contributed by atoms with E-state index in [4.69, 9.17) is 4.74 Å². The Bertz CT molecular complexity index is 1150. The van der Waals surface area contributed by atoms with Crippen LogP contribution in [0, 0.1) is 0 Å². The minimum atomic E-state index is -3.61. The number of carbonyl (C=O) groups is 1. The van der Waals surface area contributed by atoms with Crippen molar-refractivity contribution in [3.05, 3.63) is 48.0 Å². The first-order chi connectivity index (χ1) is 14.4. The van der Waals surface area contributed by atoms with Gasteiger partial charge >= 0.3 is 0 Å². The number of benzene rings is 2. The maximum atomic E-state index is 12.7. The molecular formula is C20H28ClN3O6S2. The molecule has 0 unspecified atom stereocenters. The lowest BCUT2D eigenvalue weighted by Crippen LogP contribution is -2.27. The van der Waals surface area contributed by atoms with Crippen molar-refractivity contribution in [2.75, 3.05) is 35.7 Å². The van der Waals surface area contributed by atoms with Gasteiger partial charge in [-0.1, -0.05) is 26.0 Å². The summed E-state index contributed by atoms with van der Waals surface area (Å²) in [5.74, 6) is -0.341. The van der Waals surface area contributed by atoms with Gasteiger partial charge in [-0.25, -0.2) is 16.8 Å². The molecule has 2 rings (SSSR count). The molecule has 0 spiro atoms. The van der Waals surface area contributed by atoms with E-state index in [0.29, 0.717) is 18.9 Å². The minimum absolute atomic E-state index is 0. The highest BCUT2D eigenvalue weighted by atomic mass is 35.5. The largest absolute Gasteiger partial charge is 0.490 e. The van der Waals surface area contributed by atoms with Gasteiger partial charge in [0.05, 0.1) is 22.4 Å². The van der Waals surface area contributed by atoms with E-state index in [0.717, 1.165) is 12.5 Å². The highest BCUT2D eigenvalue weighted by Crippen LogP contribution is 2.29. The lowest BCUT2D eigenvalue weighted by molar-refractivity contribution is 0.102. The van der Waals surface area contributed by atoms with Crippen LogP contribution in [0.25, 0.3) is 0 Å². The number of sulfone groups is 1. The number of rotatable bonds is 10. The molecule has 0 aromatic heterocycles. The van der Waals surface area contributed by atoms with Gasteiger partial charge in [-0.3, -0.25) is 9.52 Å². The SMILES string of the molecule is CC(C)NCCOc1ccc(NC(=O)c2ccccc2S(C)(=O)=O)cc1NS(C)(=O)=O.Cl. The topological polar surface area (TPSA) is 131 Å². The summed E-state index contributed by atoms with van der Waals surface area (Å²) < 4.78 is 55.4. The summed E-state index contributed by atoms with van der Waals surface area (Å²) in [7, 11) is -7.21. The summed E-state index contributed by atoms with van der Waals surface area (Å²) in [5, 5.41) is 5.79. The zero-order valence-electron chi connectivity index (χ0n) is 18.2. The van der Waals surface area contributed by atoms with Crippen molar-refractivity contribution in [1.82, 2.24) is 5.32 Å². The number of nitrogens with one attached hydrogen (secondary N) is 3. The third-order valence-electron chi connectivity index (χ3n) is 3.98. The van der Waals surface area contributed by atoms with Crippen LogP contribution in [-0.4, -0.2) is 54.4 Å². The number of hydrogen-bond donors (Lipinski definition) is 3. The summed E-state index contributed by atoms with van der Waals surface area (Å²) in [6, 6.07) is 10.6. The van der Waals surface area contributed by atoms with Crippen LogP contribution in [-0.2, 0) is 19.9 Å². The Morgan fingerprint density at radius 2 is 1.69 bits per heavy atom. The number of amides is 1. The zero-order chi connectivity index (χ0) is 23.2. The third kappa shape index (κ3) is 8.65. The van der Waals surface area contributed by atoms with Crippen molar-refractivity contribution in [3.63, 3.8) is 0 Å². The van der Waals surface area contributed by atoms with Crippen molar-refractivity contribution in [2.24, 2.45) is 0 Å². The maximum Gasteiger partial charge on any atom is 0.256 e. The number of carbonyl (C=O) groups excluding carboxylic acids is 1. The van der Waals surface area contributed by atoms with E-state index in [1.807, 2.05) is 13.8 Å². The normalized spacial score (nSPS) is 11.5. The molecule has 3 N–H and O–H groups in total. The maximum absolute atomic E-state index is 12.7. The molecule has 32 heavy (non-hydrogen) atoms. The Balaban J connectivity index is 0.00000512. The fourth-order valence-electron chi connectivity index (χ4n) is 2.70. The quantitative estimate of drug-likeness (QED) is 0.423. The zero-order valence-corrected chi connectivity index (χ0v) is 20.7. The minimum Gasteiger partial charge on any atom is -0.490 e. The summed E-state index contributed by atoms with van der Waals surface area (Å²) in [6.07, 6.45) is 2.03. The van der Waals surface area contributed by atoms with E-state index in [1.165, 1.54) is 30.3 Å². The molecule has 178 valence electrons. The number of ether oxygens (including phenoxy) is 1. The number of hydrogen-bond acceptors (Lipinski definition) is 7. The fraction of sp³-hybridized carbons (Fsp3) is 0.350. The molecule has 0 saturated heterocycles. The Morgan fingerprint density at radius 3 is 2.28 bits per heavy atom. The highest BCUT2D eigenvalue weighted by Gasteiger charge is 2.19. The van der Waals surface area contributed by atoms with Crippen LogP contribution in [0.4, 0.5) is 11.4 Å². The summed E-state index contributed by atoms with van der Waals surface area (Å²) >= 11 is 0. The van der Waals surface area contributed by atoms with Crippen LogP contribution in [0.3, 0.4) is 0 Å². The average molecular weight is 506 g/mol. The van der Waals surface area contributed by atoms with Crippen LogP contribution >= 0.6 is 12.4 Å². The van der Waals surface area contributed by atoms with Gasteiger partial charge in [0.2, 0.25) is 10.0 Å². The highest BCUT2D eigenvalue weighted by molar-refractivity contribution is 7.92. The van der Waals surface area contributed by atoms with E-state index in [9.17, 15) is 21.6 Å². The van der Waals surface area contributed by atoms with E-state index < -0.39 is 25.8 Å². The molecule has 0 heterocycles. The Labute approximate surface area is 195 Å². The smallest absolute Gasteiger partial charge is 0.256 e. The Kier molecular flexibility index (Phi) is 9.96. The van der Waals surface area contributed by atoms with Gasteiger partial charge in [-0.05, 0) is 30.3 Å². The molecule has 9 nitrogen and oxygen atoms in total. The number of anilines is 2. The van der Waals surface area contributed by atoms with Crippen molar-refractivity contribution >= 4 is 49.5 Å². The molecule has 0 fully saturated rings. The van der Waals surface area contributed by atoms with Gasteiger partial charge in [0.1, 0.15) is 12.4 Å². The van der Waals surface area contributed by atoms with E-state index in [-0.39, 0.29) is 40.3 Å². The second kappa shape index (κ2) is 11.5. The van der Waals surface area contributed by atoms with Crippen molar-refractivity contribution < 1.29 is 26.4 Å². The molecule has 0 aliphatic carbocycles. The van der Waals surface area contributed by atoms with Gasteiger partial charge in [0.15, 0.2) is 9.84 Å². The van der Waals surface area contributed by atoms with Crippen LogP contribution in [0.5, 0.6) is 5.75 Å². The van der Waals surface area contributed by atoms with Crippen LogP contribution in [0.15, 0.2) is 47.4 Å². The van der Waals surface area contributed by atoms with Gasteiger partial charge in [-0.15, -0.1) is 12.4 Å². The van der Waals surface area contributed by atoms with Gasteiger partial charge in [0.25, 0.3) is 5.91 Å². The Hall–Kier alpha value is -2.34. The summed E-state index contributed by atoms with van der Waals surface area (Å²) in [5.41, 5.74) is 0.413. The first-order valence-electron chi connectivity index (χ1n) is 9.45. The molecule has 0 radical (unpaired) electrons. The predicted octanol–water partition coefficient (Wildman–Crippen LogP) is 2.51. The molecule has 0 aliphatic rings. The molecule has 0 bridgehead atoms. The molecule has 0 saturated carbocycles. The van der Waals surface area contributed by atoms with Crippen molar-refractivity contribution in [3.8, 4) is 5.75 Å². The van der Waals surface area contributed by atoms with Crippen LogP contribution < -0.4 is 20.1 Å². The molecule has 2 aromatic carbocycles. The molecular weight excluding hydrogens is 478 g/mol. The molecule has 1 amide bonds. The predicted molar refractivity (Wildman–Crippen MR) is 128 cm³/mol. The number of halogens is 1. The van der Waals surface area contributed by atoms with E-state index >= 15 is 0 Å².